The molecule has 0 unspecified atom stereocenters. The average Bonchev–Trinajstić information content (AvgIpc) is 3.57. The summed E-state index contributed by atoms with van der Waals surface area (Å²) in [5, 5.41) is 5.20. The third-order valence-electron chi connectivity index (χ3n) is 7.22. The number of likely N-dealkylation sites (N-methyl/N-ethyl adjacent to an activating group) is 1. The van der Waals surface area contributed by atoms with Crippen molar-refractivity contribution >= 4 is 27.8 Å². The van der Waals surface area contributed by atoms with Gasteiger partial charge in [-0.1, -0.05) is 19.1 Å². The Labute approximate surface area is 203 Å². The van der Waals surface area contributed by atoms with Gasteiger partial charge in [-0.05, 0) is 30.3 Å². The Morgan fingerprint density at radius 3 is 2.49 bits per heavy atom. The maximum Gasteiger partial charge on any atom is 0.329 e. The molecule has 4 aromatic heterocycles. The van der Waals surface area contributed by atoms with E-state index in [0.29, 0.717) is 6.54 Å². The van der Waals surface area contributed by atoms with E-state index in [1.54, 1.807) is 28.7 Å². The zero-order valence-corrected chi connectivity index (χ0v) is 20.4. The van der Waals surface area contributed by atoms with Crippen molar-refractivity contribution in [2.45, 2.75) is 13.5 Å². The van der Waals surface area contributed by atoms with Crippen molar-refractivity contribution in [3.8, 4) is 11.3 Å². The number of H-pyrrole nitrogens is 1. The van der Waals surface area contributed by atoms with Gasteiger partial charge in [0.2, 0.25) is 0 Å². The number of fused-ring (bicyclic) bond motifs is 3. The normalized spacial score (nSPS) is 15.0. The van der Waals surface area contributed by atoms with Crippen LogP contribution in [-0.2, 0) is 20.6 Å². The highest BCUT2D eigenvalue weighted by atomic mass is 16.1. The van der Waals surface area contributed by atoms with Crippen LogP contribution < -0.4 is 10.6 Å². The van der Waals surface area contributed by atoms with Crippen LogP contribution in [-0.4, -0.2) is 66.5 Å². The van der Waals surface area contributed by atoms with E-state index in [2.05, 4.69) is 62.1 Å². The fourth-order valence-electron chi connectivity index (χ4n) is 5.17. The molecule has 35 heavy (non-hydrogen) atoms. The first-order valence-corrected chi connectivity index (χ1v) is 12.1. The number of pyridine rings is 1. The second kappa shape index (κ2) is 8.42. The Balaban J connectivity index is 1.36. The molecule has 1 saturated heterocycles. The lowest BCUT2D eigenvalue weighted by Gasteiger charge is -2.35. The lowest BCUT2D eigenvalue weighted by atomic mass is 10.1. The van der Waals surface area contributed by atoms with E-state index in [1.807, 2.05) is 17.8 Å². The quantitative estimate of drug-likeness (QED) is 0.427. The molecule has 9 nitrogen and oxygen atoms in total. The number of imidazole rings is 1. The lowest BCUT2D eigenvalue weighted by Crippen LogP contribution is -2.46. The van der Waals surface area contributed by atoms with Crippen LogP contribution in [0.4, 0.5) is 5.69 Å². The largest absolute Gasteiger partial charge is 0.369 e. The van der Waals surface area contributed by atoms with Gasteiger partial charge < -0.3 is 14.8 Å². The van der Waals surface area contributed by atoms with Crippen LogP contribution in [0, 0.1) is 0 Å². The number of aromatic amines is 1. The van der Waals surface area contributed by atoms with E-state index in [4.69, 9.17) is 0 Å². The molecule has 0 radical (unpaired) electrons. The van der Waals surface area contributed by atoms with Crippen molar-refractivity contribution in [3.63, 3.8) is 0 Å². The number of piperazine rings is 1. The molecule has 5 heterocycles. The van der Waals surface area contributed by atoms with Gasteiger partial charge in [0, 0.05) is 68.8 Å². The second-order valence-corrected chi connectivity index (χ2v) is 9.36. The third kappa shape index (κ3) is 3.72. The number of benzene rings is 1. The molecule has 6 rings (SSSR count). The van der Waals surface area contributed by atoms with Crippen LogP contribution in [0.15, 0.2) is 53.7 Å². The predicted octanol–water partition coefficient (Wildman–Crippen LogP) is 2.81. The zero-order chi connectivity index (χ0) is 24.1. The van der Waals surface area contributed by atoms with E-state index in [-0.39, 0.29) is 5.69 Å². The fraction of sp³-hybridized carbons (Fsp3) is 0.346. The molecule has 1 aromatic carbocycles. The lowest BCUT2D eigenvalue weighted by molar-refractivity contribution is 0.271. The Kier molecular flexibility index (Phi) is 5.21. The van der Waals surface area contributed by atoms with Crippen molar-refractivity contribution in [2.24, 2.45) is 14.1 Å². The minimum absolute atomic E-state index is 0.0616. The summed E-state index contributed by atoms with van der Waals surface area (Å²) in [5.41, 5.74) is 6.76. The molecule has 1 N–H and O–H groups in total. The highest BCUT2D eigenvalue weighted by Crippen LogP contribution is 2.30. The van der Waals surface area contributed by atoms with Crippen molar-refractivity contribution in [3.05, 3.63) is 65.0 Å². The van der Waals surface area contributed by atoms with Crippen LogP contribution >= 0.6 is 0 Å². The molecule has 1 aliphatic rings. The Morgan fingerprint density at radius 1 is 1.03 bits per heavy atom. The van der Waals surface area contributed by atoms with Gasteiger partial charge in [-0.2, -0.15) is 5.10 Å². The van der Waals surface area contributed by atoms with Crippen molar-refractivity contribution in [1.29, 1.82) is 0 Å². The monoisotopic (exact) mass is 470 g/mol. The molecular formula is C26H30N8O. The number of rotatable bonds is 5. The first-order chi connectivity index (χ1) is 17.0. The molecule has 0 amide bonds. The third-order valence-corrected chi connectivity index (χ3v) is 7.22. The van der Waals surface area contributed by atoms with Crippen LogP contribution in [0.2, 0.25) is 0 Å². The maximum absolute atomic E-state index is 13.1. The number of hydrogen-bond donors (Lipinski definition) is 1. The van der Waals surface area contributed by atoms with Crippen molar-refractivity contribution < 1.29 is 0 Å². The molecule has 0 aliphatic carbocycles. The van der Waals surface area contributed by atoms with Crippen LogP contribution in [0.3, 0.4) is 0 Å². The number of nitrogens with one attached hydrogen (secondary N) is 1. The van der Waals surface area contributed by atoms with Crippen LogP contribution in [0.5, 0.6) is 0 Å². The number of aromatic nitrogens is 6. The van der Waals surface area contributed by atoms with Crippen LogP contribution in [0.1, 0.15) is 12.5 Å². The summed E-state index contributed by atoms with van der Waals surface area (Å²) in [6, 6.07) is 10.8. The second-order valence-electron chi connectivity index (χ2n) is 9.36. The van der Waals surface area contributed by atoms with Gasteiger partial charge in [-0.15, -0.1) is 0 Å². The fourth-order valence-corrected chi connectivity index (χ4v) is 5.17. The summed E-state index contributed by atoms with van der Waals surface area (Å²) >= 11 is 0. The van der Waals surface area contributed by atoms with E-state index in [1.165, 1.54) is 5.69 Å². The van der Waals surface area contributed by atoms with Gasteiger partial charge in [0.05, 0.1) is 30.0 Å². The number of anilines is 1. The van der Waals surface area contributed by atoms with Crippen molar-refractivity contribution in [1.82, 2.24) is 33.8 Å². The van der Waals surface area contributed by atoms with Crippen molar-refractivity contribution in [2.75, 3.05) is 37.6 Å². The zero-order valence-electron chi connectivity index (χ0n) is 20.4. The highest BCUT2D eigenvalue weighted by Gasteiger charge is 2.19. The molecule has 1 aliphatic heterocycles. The first-order valence-electron chi connectivity index (χ1n) is 12.1. The van der Waals surface area contributed by atoms with Gasteiger partial charge in [0.1, 0.15) is 5.65 Å². The number of hydrogen-bond acceptors (Lipinski definition) is 5. The summed E-state index contributed by atoms with van der Waals surface area (Å²) in [6.45, 7) is 8.14. The molecule has 9 heteroatoms. The Bertz CT molecular complexity index is 1560. The molecule has 0 saturated carbocycles. The topological polar surface area (TPSA) is 79.9 Å². The SMILES string of the molecule is CCN1CCN(c2ccc(-c3cc4c(ncc5c4n(Cc4cnn(C)c4)c(=O)n5C)[nH]3)cc2)CC1. The Hall–Kier alpha value is -3.85. The summed E-state index contributed by atoms with van der Waals surface area (Å²) in [5.74, 6) is 0. The molecule has 5 aromatic rings. The summed E-state index contributed by atoms with van der Waals surface area (Å²) in [7, 11) is 3.68. The predicted molar refractivity (Wildman–Crippen MR) is 139 cm³/mol. The van der Waals surface area contributed by atoms with Gasteiger partial charge in [-0.3, -0.25) is 13.8 Å². The van der Waals surface area contributed by atoms with E-state index < -0.39 is 0 Å². The number of nitrogens with zero attached hydrogens (tertiary/aromatic N) is 7. The summed E-state index contributed by atoms with van der Waals surface area (Å²) in [6.07, 6.45) is 5.52. The number of aryl methyl sites for hydroxylation is 2. The first kappa shape index (κ1) is 21.7. The smallest absolute Gasteiger partial charge is 0.329 e. The molecule has 0 bridgehead atoms. The molecular weight excluding hydrogens is 440 g/mol. The highest BCUT2D eigenvalue weighted by molar-refractivity contribution is 6.03. The standard InChI is InChI=1S/C26H30N8O/c1-4-32-9-11-33(12-10-32)20-7-5-19(6-8-20)22-13-21-24-23(15-27-25(21)29-22)31(3)26(35)34(24)17-18-14-28-30(2)16-18/h5-8,13-16H,4,9-12,17H2,1-3H3,(H,27,29). The van der Waals surface area contributed by atoms with Gasteiger partial charge >= 0.3 is 5.69 Å². The van der Waals surface area contributed by atoms with E-state index in [0.717, 1.165) is 71.6 Å². The van der Waals surface area contributed by atoms with Gasteiger partial charge in [0.25, 0.3) is 0 Å². The molecule has 0 atom stereocenters. The summed E-state index contributed by atoms with van der Waals surface area (Å²) in [4.78, 5) is 26.1. The molecule has 1 fully saturated rings. The van der Waals surface area contributed by atoms with Gasteiger partial charge in [0.15, 0.2) is 0 Å². The van der Waals surface area contributed by atoms with E-state index >= 15 is 0 Å². The van der Waals surface area contributed by atoms with Crippen LogP contribution in [0.25, 0.3) is 33.3 Å². The van der Waals surface area contributed by atoms with Gasteiger partial charge in [-0.25, -0.2) is 9.78 Å². The van der Waals surface area contributed by atoms with E-state index in [9.17, 15) is 4.79 Å². The Morgan fingerprint density at radius 2 is 1.80 bits per heavy atom. The molecule has 180 valence electrons. The minimum atomic E-state index is -0.0616. The molecule has 0 spiro atoms. The maximum atomic E-state index is 13.1. The summed E-state index contributed by atoms with van der Waals surface area (Å²) < 4.78 is 5.23. The average molecular weight is 471 g/mol. The minimum Gasteiger partial charge on any atom is -0.369 e.